The van der Waals surface area contributed by atoms with E-state index in [2.05, 4.69) is 31.1 Å². The number of primary amides is 1. The van der Waals surface area contributed by atoms with Crippen molar-refractivity contribution in [2.24, 2.45) is 5.73 Å². The van der Waals surface area contributed by atoms with Crippen LogP contribution in [0.5, 0.6) is 0 Å². The van der Waals surface area contributed by atoms with Crippen LogP contribution in [-0.2, 0) is 4.79 Å². The second-order valence-corrected chi connectivity index (χ2v) is 4.83. The van der Waals surface area contributed by atoms with E-state index in [1.165, 1.54) is 12.8 Å². The molecular formula is C12H27N3O. The highest BCUT2D eigenvalue weighted by Crippen LogP contribution is 2.15. The van der Waals surface area contributed by atoms with Gasteiger partial charge in [-0.2, -0.15) is 0 Å². The van der Waals surface area contributed by atoms with Crippen LogP contribution >= 0.6 is 0 Å². The number of unbranched alkanes of at least 4 members (excludes halogenated alkanes) is 1. The summed E-state index contributed by atoms with van der Waals surface area (Å²) in [5.74, 6) is -0.286. The number of nitrogens with one attached hydrogen (secondary N) is 1. The van der Waals surface area contributed by atoms with Crippen LogP contribution in [0, 0.1) is 0 Å². The number of nitrogens with two attached hydrogens (primary N) is 1. The van der Waals surface area contributed by atoms with Crippen LogP contribution in [-0.4, -0.2) is 43.0 Å². The molecule has 0 aliphatic carbocycles. The van der Waals surface area contributed by atoms with Crippen LogP contribution in [0.1, 0.15) is 40.0 Å². The summed E-state index contributed by atoms with van der Waals surface area (Å²) < 4.78 is 0. The molecule has 4 nitrogen and oxygen atoms in total. The summed E-state index contributed by atoms with van der Waals surface area (Å²) in [6.07, 6.45) is 3.11. The number of likely N-dealkylation sites (N-methyl/N-ethyl adjacent to an activating group) is 1. The van der Waals surface area contributed by atoms with E-state index in [9.17, 15) is 4.79 Å². The Morgan fingerprint density at radius 2 is 2.12 bits per heavy atom. The minimum Gasteiger partial charge on any atom is -0.368 e. The van der Waals surface area contributed by atoms with Crippen molar-refractivity contribution < 1.29 is 4.79 Å². The highest BCUT2D eigenvalue weighted by Gasteiger charge is 2.31. The van der Waals surface area contributed by atoms with Crippen LogP contribution in [0.15, 0.2) is 0 Å². The average molecular weight is 229 g/mol. The molecule has 1 amide bonds. The van der Waals surface area contributed by atoms with Gasteiger partial charge in [-0.25, -0.2) is 0 Å². The van der Waals surface area contributed by atoms with Gasteiger partial charge in [-0.3, -0.25) is 4.79 Å². The molecule has 0 fully saturated rings. The van der Waals surface area contributed by atoms with Gasteiger partial charge in [0.1, 0.15) is 0 Å². The fourth-order valence-electron chi connectivity index (χ4n) is 1.70. The Hall–Kier alpha value is -0.610. The van der Waals surface area contributed by atoms with Gasteiger partial charge in [0.15, 0.2) is 0 Å². The highest BCUT2D eigenvalue weighted by atomic mass is 16.1. The van der Waals surface area contributed by atoms with Gasteiger partial charge >= 0.3 is 0 Å². The SMILES string of the molecule is CCCCN(C)C(C)CC(C)(NC)C(N)=O. The Bertz CT molecular complexity index is 220. The fourth-order valence-corrected chi connectivity index (χ4v) is 1.70. The molecule has 0 rings (SSSR count). The van der Waals surface area contributed by atoms with Crippen molar-refractivity contribution >= 4 is 5.91 Å². The molecule has 2 unspecified atom stereocenters. The predicted octanol–water partition coefficient (Wildman–Crippen LogP) is 0.960. The maximum atomic E-state index is 11.4. The quantitative estimate of drug-likeness (QED) is 0.652. The van der Waals surface area contributed by atoms with Gasteiger partial charge in [0.2, 0.25) is 5.91 Å². The minimum atomic E-state index is -0.611. The molecule has 0 saturated heterocycles. The molecule has 0 aromatic carbocycles. The van der Waals surface area contributed by atoms with E-state index in [1.807, 2.05) is 6.92 Å². The normalized spacial score (nSPS) is 17.1. The second kappa shape index (κ2) is 6.86. The number of hydrogen-bond donors (Lipinski definition) is 2. The lowest BCUT2D eigenvalue weighted by molar-refractivity contribution is -0.124. The fraction of sp³-hybridized carbons (Fsp3) is 0.917. The third kappa shape index (κ3) is 4.49. The number of rotatable bonds is 8. The first-order chi connectivity index (χ1) is 7.37. The molecule has 0 heterocycles. The lowest BCUT2D eigenvalue weighted by Crippen LogP contribution is -2.54. The predicted molar refractivity (Wildman–Crippen MR) is 68.3 cm³/mol. The molecule has 0 aromatic rings. The number of amides is 1. The first-order valence-electron chi connectivity index (χ1n) is 6.06. The van der Waals surface area contributed by atoms with Crippen molar-refractivity contribution in [2.45, 2.75) is 51.6 Å². The third-order valence-electron chi connectivity index (χ3n) is 3.42. The molecule has 0 spiro atoms. The molecule has 0 aliphatic heterocycles. The molecule has 16 heavy (non-hydrogen) atoms. The van der Waals surface area contributed by atoms with Gasteiger partial charge in [-0.15, -0.1) is 0 Å². The molecule has 2 atom stereocenters. The minimum absolute atomic E-state index is 0.286. The zero-order valence-electron chi connectivity index (χ0n) is 11.3. The van der Waals surface area contributed by atoms with Gasteiger partial charge in [-0.1, -0.05) is 13.3 Å². The van der Waals surface area contributed by atoms with Gasteiger partial charge < -0.3 is 16.0 Å². The Labute approximate surface area is 99.6 Å². The molecule has 3 N–H and O–H groups in total. The summed E-state index contributed by atoms with van der Waals surface area (Å²) >= 11 is 0. The number of hydrogen-bond acceptors (Lipinski definition) is 3. The molecule has 4 heteroatoms. The molecule has 0 radical (unpaired) electrons. The molecule has 96 valence electrons. The van der Waals surface area contributed by atoms with Crippen molar-refractivity contribution in [2.75, 3.05) is 20.6 Å². The largest absolute Gasteiger partial charge is 0.368 e. The Morgan fingerprint density at radius 3 is 2.50 bits per heavy atom. The molecule has 0 saturated carbocycles. The molecular weight excluding hydrogens is 202 g/mol. The summed E-state index contributed by atoms with van der Waals surface area (Å²) in [5.41, 5.74) is 4.80. The number of carbonyl (C=O) groups is 1. The smallest absolute Gasteiger partial charge is 0.237 e. The van der Waals surface area contributed by atoms with E-state index in [1.54, 1.807) is 7.05 Å². The number of nitrogens with zero attached hydrogens (tertiary/aromatic N) is 1. The van der Waals surface area contributed by atoms with Crippen LogP contribution in [0.25, 0.3) is 0 Å². The third-order valence-corrected chi connectivity index (χ3v) is 3.42. The van der Waals surface area contributed by atoms with E-state index < -0.39 is 5.54 Å². The maximum absolute atomic E-state index is 11.4. The van der Waals surface area contributed by atoms with Crippen LogP contribution in [0.2, 0.25) is 0 Å². The van der Waals surface area contributed by atoms with Gasteiger partial charge in [0, 0.05) is 6.04 Å². The Kier molecular flexibility index (Phi) is 6.60. The lowest BCUT2D eigenvalue weighted by atomic mass is 9.92. The number of carbonyl (C=O) groups excluding carboxylic acids is 1. The second-order valence-electron chi connectivity index (χ2n) is 4.83. The molecule has 0 aliphatic rings. The van der Waals surface area contributed by atoms with Gasteiger partial charge in [0.25, 0.3) is 0 Å². The monoisotopic (exact) mass is 229 g/mol. The van der Waals surface area contributed by atoms with Crippen molar-refractivity contribution in [3.8, 4) is 0 Å². The summed E-state index contributed by atoms with van der Waals surface area (Å²) in [6.45, 7) is 7.24. The lowest BCUT2D eigenvalue weighted by Gasteiger charge is -2.33. The summed E-state index contributed by atoms with van der Waals surface area (Å²) in [4.78, 5) is 13.6. The zero-order chi connectivity index (χ0) is 12.8. The van der Waals surface area contributed by atoms with Crippen molar-refractivity contribution in [1.82, 2.24) is 10.2 Å². The standard InChI is InChI=1S/C12H27N3O/c1-6-7-8-15(5)10(2)9-12(3,14-4)11(13)16/h10,14H,6-9H2,1-5H3,(H2,13,16). The van der Waals surface area contributed by atoms with E-state index in [0.29, 0.717) is 6.04 Å². The zero-order valence-corrected chi connectivity index (χ0v) is 11.3. The topological polar surface area (TPSA) is 58.4 Å². The van der Waals surface area contributed by atoms with E-state index in [0.717, 1.165) is 13.0 Å². The van der Waals surface area contributed by atoms with Gasteiger partial charge in [0.05, 0.1) is 5.54 Å². The first kappa shape index (κ1) is 15.4. The summed E-state index contributed by atoms with van der Waals surface area (Å²) in [7, 11) is 3.88. The van der Waals surface area contributed by atoms with Crippen LogP contribution in [0.3, 0.4) is 0 Å². The van der Waals surface area contributed by atoms with Gasteiger partial charge in [-0.05, 0) is 47.3 Å². The van der Waals surface area contributed by atoms with Crippen molar-refractivity contribution in [3.63, 3.8) is 0 Å². The van der Waals surface area contributed by atoms with E-state index in [4.69, 9.17) is 5.73 Å². The Morgan fingerprint density at radius 1 is 1.56 bits per heavy atom. The average Bonchev–Trinajstić information content (AvgIpc) is 2.25. The van der Waals surface area contributed by atoms with E-state index >= 15 is 0 Å². The van der Waals surface area contributed by atoms with Crippen molar-refractivity contribution in [1.29, 1.82) is 0 Å². The van der Waals surface area contributed by atoms with Crippen LogP contribution in [0.4, 0.5) is 0 Å². The molecule has 0 bridgehead atoms. The summed E-state index contributed by atoms with van der Waals surface area (Å²) in [6, 6.07) is 0.344. The van der Waals surface area contributed by atoms with Crippen molar-refractivity contribution in [3.05, 3.63) is 0 Å². The maximum Gasteiger partial charge on any atom is 0.237 e. The van der Waals surface area contributed by atoms with E-state index in [-0.39, 0.29) is 5.91 Å². The first-order valence-corrected chi connectivity index (χ1v) is 6.06. The Balaban J connectivity index is 4.29. The summed E-state index contributed by atoms with van der Waals surface area (Å²) in [5, 5.41) is 3.02. The molecule has 0 aromatic heterocycles. The van der Waals surface area contributed by atoms with Crippen LogP contribution < -0.4 is 11.1 Å². The highest BCUT2D eigenvalue weighted by molar-refractivity contribution is 5.84.